The molecule has 0 bridgehead atoms. The van der Waals surface area contributed by atoms with Crippen molar-refractivity contribution in [3.8, 4) is 5.75 Å². The second kappa shape index (κ2) is 11.4. The van der Waals surface area contributed by atoms with E-state index in [0.717, 1.165) is 38.7 Å². The van der Waals surface area contributed by atoms with Crippen LogP contribution in [0.1, 0.15) is 42.2 Å². The zero-order valence-corrected chi connectivity index (χ0v) is 21.9. The van der Waals surface area contributed by atoms with Crippen molar-refractivity contribution >= 4 is 17.3 Å². The molecule has 0 saturated heterocycles. The van der Waals surface area contributed by atoms with Crippen molar-refractivity contribution in [1.29, 1.82) is 0 Å². The van der Waals surface area contributed by atoms with Gasteiger partial charge in [-0.05, 0) is 60.9 Å². The molecule has 1 heterocycles. The number of benzene rings is 4. The molecule has 2 atom stereocenters. The molecule has 190 valence electrons. The molecule has 5 heteroatoms. The highest BCUT2D eigenvalue weighted by Crippen LogP contribution is 2.45. The Kier molecular flexibility index (Phi) is 7.80. The van der Waals surface area contributed by atoms with Crippen molar-refractivity contribution in [3.63, 3.8) is 0 Å². The number of hydrogen-bond donors (Lipinski definition) is 1. The summed E-state index contributed by atoms with van der Waals surface area (Å²) in [5, 5.41) is 4.25. The van der Waals surface area contributed by atoms with E-state index in [1.54, 1.807) is 0 Å². The average molecular weight is 514 g/mol. The van der Waals surface area contributed by atoms with E-state index in [1.165, 1.54) is 0 Å². The Hall–Kier alpha value is -3.31. The lowest BCUT2D eigenvalue weighted by molar-refractivity contribution is -0.170. The van der Waals surface area contributed by atoms with Crippen molar-refractivity contribution in [3.05, 3.63) is 130 Å². The predicted octanol–water partition coefficient (Wildman–Crippen LogP) is 7.97. The van der Waals surface area contributed by atoms with Crippen LogP contribution in [0.4, 0.5) is 5.69 Å². The van der Waals surface area contributed by atoms with Gasteiger partial charge < -0.3 is 19.5 Å². The molecule has 1 aliphatic rings. The molecule has 0 saturated carbocycles. The van der Waals surface area contributed by atoms with E-state index >= 15 is 0 Å². The first-order valence-electron chi connectivity index (χ1n) is 12.6. The van der Waals surface area contributed by atoms with Crippen LogP contribution >= 0.6 is 11.6 Å². The van der Waals surface area contributed by atoms with E-state index < -0.39 is 5.60 Å². The standard InChI is InChI=1S/C32H32ClNO3/c1-32(2)31(36-22-24-12-7-4-8-13-24)30(35-21-23-10-5-3-6-11-23)28-19-27(16-17-29(28)37-32)34-20-25-14-9-15-26(33)18-25/h3-19,30-31,34H,20-22H2,1-2H3. The third kappa shape index (κ3) is 6.34. The maximum atomic E-state index is 6.62. The molecule has 37 heavy (non-hydrogen) atoms. The van der Waals surface area contributed by atoms with Gasteiger partial charge in [-0.1, -0.05) is 84.4 Å². The monoisotopic (exact) mass is 513 g/mol. The smallest absolute Gasteiger partial charge is 0.132 e. The number of anilines is 1. The zero-order chi connectivity index (χ0) is 25.7. The molecule has 4 nitrogen and oxygen atoms in total. The van der Waals surface area contributed by atoms with Crippen LogP contribution in [0.5, 0.6) is 5.75 Å². The van der Waals surface area contributed by atoms with Crippen LogP contribution in [0.3, 0.4) is 0 Å². The second-order valence-corrected chi connectivity index (χ2v) is 10.3. The van der Waals surface area contributed by atoms with Gasteiger partial charge in [-0.25, -0.2) is 0 Å². The van der Waals surface area contributed by atoms with E-state index in [4.69, 9.17) is 25.8 Å². The van der Waals surface area contributed by atoms with E-state index in [1.807, 2.05) is 66.7 Å². The van der Waals surface area contributed by atoms with E-state index in [9.17, 15) is 0 Å². The summed E-state index contributed by atoms with van der Waals surface area (Å²) in [6.07, 6.45) is -0.623. The third-order valence-corrected chi connectivity index (χ3v) is 6.82. The largest absolute Gasteiger partial charge is 0.485 e. The fourth-order valence-corrected chi connectivity index (χ4v) is 4.89. The Balaban J connectivity index is 1.42. The topological polar surface area (TPSA) is 39.7 Å². The highest BCUT2D eigenvalue weighted by molar-refractivity contribution is 6.30. The SMILES string of the molecule is CC1(C)Oc2ccc(NCc3cccc(Cl)c3)cc2C(OCc2ccccc2)C1OCc1ccccc1. The van der Waals surface area contributed by atoms with Gasteiger partial charge >= 0.3 is 0 Å². The highest BCUT2D eigenvalue weighted by atomic mass is 35.5. The van der Waals surface area contributed by atoms with Gasteiger partial charge in [0.2, 0.25) is 0 Å². The molecule has 1 N–H and O–H groups in total. The van der Waals surface area contributed by atoms with Gasteiger partial charge in [0, 0.05) is 22.8 Å². The minimum atomic E-state index is -0.584. The predicted molar refractivity (Wildman–Crippen MR) is 149 cm³/mol. The Morgan fingerprint density at radius 3 is 2.08 bits per heavy atom. The van der Waals surface area contributed by atoms with Crippen molar-refractivity contribution in [2.24, 2.45) is 0 Å². The lowest BCUT2D eigenvalue weighted by Crippen LogP contribution is -2.50. The van der Waals surface area contributed by atoms with Crippen LogP contribution < -0.4 is 10.1 Å². The molecule has 0 fully saturated rings. The van der Waals surface area contributed by atoms with Crippen LogP contribution in [-0.2, 0) is 29.2 Å². The van der Waals surface area contributed by atoms with Crippen LogP contribution in [-0.4, -0.2) is 11.7 Å². The first kappa shape index (κ1) is 25.3. The van der Waals surface area contributed by atoms with Gasteiger partial charge in [-0.2, -0.15) is 0 Å². The van der Waals surface area contributed by atoms with Gasteiger partial charge in [0.15, 0.2) is 0 Å². The molecule has 5 rings (SSSR count). The van der Waals surface area contributed by atoms with Gasteiger partial charge in [-0.3, -0.25) is 0 Å². The molecule has 0 spiro atoms. The fraction of sp³-hybridized carbons (Fsp3) is 0.250. The molecule has 4 aromatic rings. The van der Waals surface area contributed by atoms with E-state index in [2.05, 4.69) is 55.6 Å². The molecule has 4 aromatic carbocycles. The minimum Gasteiger partial charge on any atom is -0.485 e. The minimum absolute atomic E-state index is 0.310. The third-order valence-electron chi connectivity index (χ3n) is 6.58. The van der Waals surface area contributed by atoms with Crippen LogP contribution in [0.15, 0.2) is 103 Å². The van der Waals surface area contributed by atoms with Gasteiger partial charge in [0.05, 0.1) is 13.2 Å². The summed E-state index contributed by atoms with van der Waals surface area (Å²) in [7, 11) is 0. The molecule has 0 aromatic heterocycles. The Labute approximate surface area is 224 Å². The first-order chi connectivity index (χ1) is 18.0. The van der Waals surface area contributed by atoms with E-state index in [-0.39, 0.29) is 12.2 Å². The maximum absolute atomic E-state index is 6.62. The molecule has 0 aliphatic carbocycles. The Morgan fingerprint density at radius 2 is 1.41 bits per heavy atom. The van der Waals surface area contributed by atoms with Gasteiger partial charge in [0.1, 0.15) is 23.6 Å². The van der Waals surface area contributed by atoms with E-state index in [0.29, 0.717) is 19.8 Å². The summed E-state index contributed by atoms with van der Waals surface area (Å²) in [6, 6.07) is 34.5. The normalized spacial score (nSPS) is 18.0. The number of ether oxygens (including phenoxy) is 3. The van der Waals surface area contributed by atoms with Crippen LogP contribution in [0.2, 0.25) is 5.02 Å². The quantitative estimate of drug-likeness (QED) is 0.246. The van der Waals surface area contributed by atoms with Crippen molar-refractivity contribution in [2.45, 2.75) is 51.4 Å². The second-order valence-electron chi connectivity index (χ2n) is 9.88. The molecular weight excluding hydrogens is 482 g/mol. The summed E-state index contributed by atoms with van der Waals surface area (Å²) >= 11 is 6.17. The summed E-state index contributed by atoms with van der Waals surface area (Å²) in [5.74, 6) is 0.816. The van der Waals surface area contributed by atoms with Crippen LogP contribution in [0.25, 0.3) is 0 Å². The molecular formula is C32H32ClNO3. The number of nitrogens with one attached hydrogen (secondary N) is 1. The average Bonchev–Trinajstić information content (AvgIpc) is 2.91. The molecule has 0 radical (unpaired) electrons. The molecule has 0 amide bonds. The molecule has 1 aliphatic heterocycles. The Morgan fingerprint density at radius 1 is 0.757 bits per heavy atom. The van der Waals surface area contributed by atoms with Gasteiger partial charge in [0.25, 0.3) is 0 Å². The highest BCUT2D eigenvalue weighted by Gasteiger charge is 2.45. The summed E-state index contributed by atoms with van der Waals surface area (Å²) < 4.78 is 19.6. The lowest BCUT2D eigenvalue weighted by Gasteiger charge is -2.44. The lowest BCUT2D eigenvalue weighted by atomic mass is 9.87. The number of halogens is 1. The summed E-state index contributed by atoms with van der Waals surface area (Å²) in [5.41, 5.74) is 4.72. The van der Waals surface area contributed by atoms with Crippen molar-refractivity contribution in [1.82, 2.24) is 0 Å². The summed E-state index contributed by atoms with van der Waals surface area (Å²) in [6.45, 7) is 5.75. The van der Waals surface area contributed by atoms with Crippen LogP contribution in [0, 0.1) is 0 Å². The van der Waals surface area contributed by atoms with Crippen molar-refractivity contribution in [2.75, 3.05) is 5.32 Å². The number of rotatable bonds is 9. The fourth-order valence-electron chi connectivity index (χ4n) is 4.68. The number of fused-ring (bicyclic) bond motifs is 1. The van der Waals surface area contributed by atoms with Crippen molar-refractivity contribution < 1.29 is 14.2 Å². The first-order valence-corrected chi connectivity index (χ1v) is 13.0. The van der Waals surface area contributed by atoms with Gasteiger partial charge in [-0.15, -0.1) is 0 Å². The zero-order valence-electron chi connectivity index (χ0n) is 21.2. The maximum Gasteiger partial charge on any atom is 0.132 e. The molecule has 2 unspecified atom stereocenters. The number of hydrogen-bond acceptors (Lipinski definition) is 4. The summed E-state index contributed by atoms with van der Waals surface area (Å²) in [4.78, 5) is 0. The Bertz CT molecular complexity index is 1310.